The molecule has 0 fully saturated rings. The van der Waals surface area contributed by atoms with E-state index in [0.717, 1.165) is 5.56 Å². The first kappa shape index (κ1) is 14.7. The number of hydrogen-bond donors (Lipinski definition) is 2. The Hall–Kier alpha value is -1.39. The lowest BCUT2D eigenvalue weighted by Crippen LogP contribution is -2.40. The Balaban J connectivity index is 2.83. The molecule has 0 saturated heterocycles. The number of benzene rings is 1. The van der Waals surface area contributed by atoms with Crippen LogP contribution < -0.4 is 0 Å². The van der Waals surface area contributed by atoms with E-state index in [0.29, 0.717) is 5.56 Å². The summed E-state index contributed by atoms with van der Waals surface area (Å²) in [6.07, 6.45) is -1.23. The third-order valence-corrected chi connectivity index (χ3v) is 2.55. The summed E-state index contributed by atoms with van der Waals surface area (Å²) >= 11 is 0. The molecule has 0 spiro atoms. The van der Waals surface area contributed by atoms with Gasteiger partial charge in [-0.05, 0) is 32.9 Å². The van der Waals surface area contributed by atoms with Crippen LogP contribution in [0.3, 0.4) is 0 Å². The maximum Gasteiger partial charge on any atom is 0.254 e. The summed E-state index contributed by atoms with van der Waals surface area (Å²) in [5.41, 5.74) is 1.66. The van der Waals surface area contributed by atoms with Crippen molar-refractivity contribution < 1.29 is 15.0 Å². The Labute approximate surface area is 108 Å². The van der Waals surface area contributed by atoms with Crippen LogP contribution in [0.5, 0.6) is 0 Å². The van der Waals surface area contributed by atoms with E-state index < -0.39 is 12.2 Å². The van der Waals surface area contributed by atoms with Gasteiger partial charge in [-0.1, -0.05) is 17.7 Å². The Morgan fingerprint density at radius 2 is 1.56 bits per heavy atom. The Morgan fingerprint density at radius 3 is 1.94 bits per heavy atom. The highest BCUT2D eigenvalue weighted by Gasteiger charge is 2.18. The van der Waals surface area contributed by atoms with Gasteiger partial charge in [0.1, 0.15) is 0 Å². The minimum atomic E-state index is -0.613. The highest BCUT2D eigenvalue weighted by Crippen LogP contribution is 2.08. The van der Waals surface area contributed by atoms with Gasteiger partial charge in [-0.25, -0.2) is 0 Å². The van der Waals surface area contributed by atoms with Gasteiger partial charge in [0.15, 0.2) is 0 Å². The average Bonchev–Trinajstić information content (AvgIpc) is 2.27. The molecule has 0 aliphatic heterocycles. The zero-order chi connectivity index (χ0) is 13.7. The Morgan fingerprint density at radius 1 is 1.11 bits per heavy atom. The maximum atomic E-state index is 12.2. The fourth-order valence-corrected chi connectivity index (χ4v) is 1.76. The van der Waals surface area contributed by atoms with Crippen LogP contribution in [-0.2, 0) is 0 Å². The van der Waals surface area contributed by atoms with Crippen LogP contribution in [0, 0.1) is 6.92 Å². The van der Waals surface area contributed by atoms with Crippen molar-refractivity contribution in [3.8, 4) is 0 Å². The van der Waals surface area contributed by atoms with Crippen LogP contribution >= 0.6 is 0 Å². The number of carbonyl (C=O) groups excluding carboxylic acids is 1. The summed E-state index contributed by atoms with van der Waals surface area (Å²) in [6.45, 7) is 5.64. The Bertz CT molecular complexity index is 375. The lowest BCUT2D eigenvalue weighted by molar-refractivity contribution is 0.0518. The van der Waals surface area contributed by atoms with Crippen LogP contribution in [0.15, 0.2) is 24.3 Å². The number of rotatable bonds is 5. The van der Waals surface area contributed by atoms with E-state index >= 15 is 0 Å². The molecule has 0 heterocycles. The predicted octanol–water partition coefficient (Wildman–Crippen LogP) is 1.20. The molecule has 0 bridgehead atoms. The van der Waals surface area contributed by atoms with Crippen molar-refractivity contribution in [1.29, 1.82) is 0 Å². The van der Waals surface area contributed by atoms with Crippen LogP contribution in [0.2, 0.25) is 0 Å². The molecule has 0 radical (unpaired) electrons. The first-order valence-electron chi connectivity index (χ1n) is 6.12. The second-order valence-corrected chi connectivity index (χ2v) is 4.77. The molecule has 0 aliphatic carbocycles. The molecule has 2 N–H and O–H groups in total. The normalized spacial score (nSPS) is 14.1. The van der Waals surface area contributed by atoms with Gasteiger partial charge in [0.25, 0.3) is 5.91 Å². The van der Waals surface area contributed by atoms with Crippen molar-refractivity contribution in [2.75, 3.05) is 13.1 Å². The summed E-state index contributed by atoms with van der Waals surface area (Å²) in [6, 6.07) is 7.26. The lowest BCUT2D eigenvalue weighted by Gasteiger charge is -2.25. The molecule has 4 heteroatoms. The highest BCUT2D eigenvalue weighted by molar-refractivity contribution is 5.94. The molecule has 0 aliphatic rings. The van der Waals surface area contributed by atoms with Crippen molar-refractivity contribution in [2.24, 2.45) is 0 Å². The second kappa shape index (κ2) is 6.52. The number of carbonyl (C=O) groups is 1. The van der Waals surface area contributed by atoms with Gasteiger partial charge >= 0.3 is 0 Å². The van der Waals surface area contributed by atoms with Crippen LogP contribution in [-0.4, -0.2) is 46.3 Å². The molecular weight excluding hydrogens is 230 g/mol. The highest BCUT2D eigenvalue weighted by atomic mass is 16.3. The lowest BCUT2D eigenvalue weighted by atomic mass is 10.1. The van der Waals surface area contributed by atoms with Crippen molar-refractivity contribution >= 4 is 5.91 Å². The molecule has 1 aromatic rings. The van der Waals surface area contributed by atoms with Crippen LogP contribution in [0.4, 0.5) is 0 Å². The smallest absolute Gasteiger partial charge is 0.254 e. The summed E-state index contributed by atoms with van der Waals surface area (Å²) < 4.78 is 0. The summed E-state index contributed by atoms with van der Waals surface area (Å²) in [5.74, 6) is -0.170. The van der Waals surface area contributed by atoms with Gasteiger partial charge in [-0.3, -0.25) is 4.79 Å². The fourth-order valence-electron chi connectivity index (χ4n) is 1.76. The quantitative estimate of drug-likeness (QED) is 0.826. The van der Waals surface area contributed by atoms with E-state index in [2.05, 4.69) is 0 Å². The zero-order valence-electron chi connectivity index (χ0n) is 11.1. The Kier molecular flexibility index (Phi) is 5.31. The molecule has 1 amide bonds. The zero-order valence-corrected chi connectivity index (χ0v) is 11.1. The van der Waals surface area contributed by atoms with E-state index in [-0.39, 0.29) is 19.0 Å². The molecule has 2 unspecified atom stereocenters. The summed E-state index contributed by atoms with van der Waals surface area (Å²) in [5, 5.41) is 18.8. The molecule has 18 heavy (non-hydrogen) atoms. The number of amides is 1. The van der Waals surface area contributed by atoms with Gasteiger partial charge < -0.3 is 15.1 Å². The fraction of sp³-hybridized carbons (Fsp3) is 0.500. The molecule has 0 aromatic heterocycles. The van der Waals surface area contributed by atoms with E-state index in [1.54, 1.807) is 26.0 Å². The van der Waals surface area contributed by atoms with E-state index in [4.69, 9.17) is 0 Å². The minimum absolute atomic E-state index is 0.170. The minimum Gasteiger partial charge on any atom is -0.392 e. The third-order valence-electron chi connectivity index (χ3n) is 2.55. The van der Waals surface area contributed by atoms with E-state index in [9.17, 15) is 15.0 Å². The third kappa shape index (κ3) is 4.47. The first-order chi connectivity index (χ1) is 8.40. The number of hydrogen-bond acceptors (Lipinski definition) is 3. The molecule has 1 rings (SSSR count). The predicted molar refractivity (Wildman–Crippen MR) is 70.4 cm³/mol. The van der Waals surface area contributed by atoms with Crippen LogP contribution in [0.25, 0.3) is 0 Å². The topological polar surface area (TPSA) is 60.8 Å². The van der Waals surface area contributed by atoms with Gasteiger partial charge in [0, 0.05) is 18.7 Å². The average molecular weight is 251 g/mol. The van der Waals surface area contributed by atoms with E-state index in [1.807, 2.05) is 19.1 Å². The number of aryl methyl sites for hydroxylation is 1. The number of nitrogens with zero attached hydrogens (tertiary/aromatic N) is 1. The maximum absolute atomic E-state index is 12.2. The van der Waals surface area contributed by atoms with Crippen molar-refractivity contribution in [2.45, 2.75) is 33.0 Å². The monoisotopic (exact) mass is 251 g/mol. The molecule has 0 saturated carbocycles. The molecular formula is C14H21NO3. The van der Waals surface area contributed by atoms with Crippen molar-refractivity contribution in [3.05, 3.63) is 35.4 Å². The van der Waals surface area contributed by atoms with Gasteiger partial charge in [0.2, 0.25) is 0 Å². The SMILES string of the molecule is Cc1ccc(C(=O)N(CC(C)O)CC(C)O)cc1. The number of aliphatic hydroxyl groups excluding tert-OH is 2. The van der Waals surface area contributed by atoms with E-state index in [1.165, 1.54) is 4.90 Å². The van der Waals surface area contributed by atoms with Crippen LogP contribution in [0.1, 0.15) is 29.8 Å². The van der Waals surface area contributed by atoms with Gasteiger partial charge in [-0.15, -0.1) is 0 Å². The largest absolute Gasteiger partial charge is 0.392 e. The molecule has 4 nitrogen and oxygen atoms in total. The first-order valence-corrected chi connectivity index (χ1v) is 6.12. The van der Waals surface area contributed by atoms with Gasteiger partial charge in [0.05, 0.1) is 12.2 Å². The summed E-state index contributed by atoms with van der Waals surface area (Å²) in [7, 11) is 0. The molecule has 1 aromatic carbocycles. The summed E-state index contributed by atoms with van der Waals surface area (Å²) in [4.78, 5) is 13.7. The van der Waals surface area contributed by atoms with Crippen molar-refractivity contribution in [1.82, 2.24) is 4.90 Å². The standard InChI is InChI=1S/C14H21NO3/c1-10-4-6-13(7-5-10)14(18)15(8-11(2)16)9-12(3)17/h4-7,11-12,16-17H,8-9H2,1-3H3. The van der Waals surface area contributed by atoms with Crippen molar-refractivity contribution in [3.63, 3.8) is 0 Å². The van der Waals surface area contributed by atoms with Gasteiger partial charge in [-0.2, -0.15) is 0 Å². The molecule has 100 valence electrons. The second-order valence-electron chi connectivity index (χ2n) is 4.77. The number of aliphatic hydroxyl groups is 2. The molecule has 2 atom stereocenters.